The first-order valence-electron chi connectivity index (χ1n) is 3.72. The van der Waals surface area contributed by atoms with Crippen molar-refractivity contribution in [1.82, 2.24) is 0 Å². The normalized spacial score (nSPS) is 35.5. The number of aliphatic hydroxyl groups is 1. The summed E-state index contributed by atoms with van der Waals surface area (Å²) in [5.41, 5.74) is 0.787. The van der Waals surface area contributed by atoms with Crippen LogP contribution in [-0.2, 0) is 4.79 Å². The molecule has 0 radical (unpaired) electrons. The molecule has 11 heavy (non-hydrogen) atoms. The van der Waals surface area contributed by atoms with Gasteiger partial charge < -0.3 is 9.90 Å². The van der Waals surface area contributed by atoms with E-state index >= 15 is 0 Å². The number of halogens is 1. The lowest BCUT2D eigenvalue weighted by Gasteiger charge is -2.24. The molecule has 0 amide bonds. The highest BCUT2D eigenvalue weighted by Gasteiger charge is 2.26. The van der Waals surface area contributed by atoms with Crippen molar-refractivity contribution < 1.29 is 9.90 Å². The van der Waals surface area contributed by atoms with Crippen LogP contribution < -0.4 is 0 Å². The predicted molar refractivity (Wildman–Crippen MR) is 43.8 cm³/mol. The average Bonchev–Trinajstić information content (AvgIpc) is 2.05. The number of hydrogen-bond acceptors (Lipinski definition) is 2. The molecule has 3 heteroatoms. The number of carbonyl (C=O) groups is 1. The first-order chi connectivity index (χ1) is 5.29. The number of allylic oxidation sites excluding steroid dienone is 1. The average molecular weight is 175 g/mol. The Kier molecular flexibility index (Phi) is 2.94. The van der Waals surface area contributed by atoms with Crippen molar-refractivity contribution in [3.63, 3.8) is 0 Å². The van der Waals surface area contributed by atoms with Crippen LogP contribution in [0.4, 0.5) is 0 Å². The van der Waals surface area contributed by atoms with E-state index in [2.05, 4.69) is 0 Å². The van der Waals surface area contributed by atoms with Crippen molar-refractivity contribution >= 4 is 17.9 Å². The molecule has 2 nitrogen and oxygen atoms in total. The van der Waals surface area contributed by atoms with E-state index in [9.17, 15) is 4.79 Å². The molecule has 2 unspecified atom stereocenters. The van der Waals surface area contributed by atoms with Crippen LogP contribution in [0.25, 0.3) is 0 Å². The van der Waals surface area contributed by atoms with E-state index in [0.29, 0.717) is 0 Å². The largest absolute Gasteiger partial charge is 0.516 e. The standard InChI is InChI=1S/C8H11ClO2/c9-8-6(4-10)2-1-3-7(8)5-11/h4-6,8,11H,1-3H2/b7-5-. The van der Waals surface area contributed by atoms with Gasteiger partial charge in [0.1, 0.15) is 6.29 Å². The number of carbonyl (C=O) groups excluding carboxylic acids is 1. The summed E-state index contributed by atoms with van der Waals surface area (Å²) in [6, 6.07) is 0. The van der Waals surface area contributed by atoms with Gasteiger partial charge in [0.05, 0.1) is 11.6 Å². The van der Waals surface area contributed by atoms with Crippen molar-refractivity contribution in [3.8, 4) is 0 Å². The van der Waals surface area contributed by atoms with E-state index in [1.165, 1.54) is 0 Å². The van der Waals surface area contributed by atoms with Crippen molar-refractivity contribution in [2.45, 2.75) is 24.6 Å². The monoisotopic (exact) mass is 174 g/mol. The predicted octanol–water partition coefficient (Wildman–Crippen LogP) is 2.03. The molecule has 1 rings (SSSR count). The Labute approximate surface area is 70.9 Å². The van der Waals surface area contributed by atoms with E-state index in [1.807, 2.05) is 0 Å². The third-order valence-electron chi connectivity index (χ3n) is 2.07. The van der Waals surface area contributed by atoms with E-state index in [-0.39, 0.29) is 11.3 Å². The number of aldehydes is 1. The quantitative estimate of drug-likeness (QED) is 0.375. The zero-order valence-corrected chi connectivity index (χ0v) is 6.92. The van der Waals surface area contributed by atoms with Gasteiger partial charge in [0.25, 0.3) is 0 Å². The third-order valence-corrected chi connectivity index (χ3v) is 2.68. The van der Waals surface area contributed by atoms with Gasteiger partial charge in [-0.2, -0.15) is 0 Å². The second kappa shape index (κ2) is 3.77. The summed E-state index contributed by atoms with van der Waals surface area (Å²) in [7, 11) is 0. The van der Waals surface area contributed by atoms with Crippen molar-refractivity contribution in [3.05, 3.63) is 11.8 Å². The van der Waals surface area contributed by atoms with Gasteiger partial charge in [0, 0.05) is 5.92 Å². The third kappa shape index (κ3) is 1.74. The Bertz CT molecular complexity index is 177. The first kappa shape index (κ1) is 8.60. The Balaban J connectivity index is 2.66. The topological polar surface area (TPSA) is 37.3 Å². The SMILES string of the molecule is O=CC1CCC/C(=C/O)C1Cl. The van der Waals surface area contributed by atoms with Crippen molar-refractivity contribution in [2.75, 3.05) is 0 Å². The number of hydrogen-bond donors (Lipinski definition) is 1. The van der Waals surface area contributed by atoms with E-state index in [1.54, 1.807) is 0 Å². The molecular formula is C8H11ClO2. The molecule has 1 aliphatic carbocycles. The molecular weight excluding hydrogens is 164 g/mol. The summed E-state index contributed by atoms with van der Waals surface area (Å²) in [5.74, 6) is -0.108. The van der Waals surface area contributed by atoms with Crippen molar-refractivity contribution in [1.29, 1.82) is 0 Å². The zero-order chi connectivity index (χ0) is 8.27. The molecule has 0 heterocycles. The molecule has 0 aliphatic heterocycles. The molecule has 1 fully saturated rings. The number of rotatable bonds is 1. The summed E-state index contributed by atoms with van der Waals surface area (Å²) in [6.45, 7) is 0. The van der Waals surface area contributed by atoms with Gasteiger partial charge in [-0.05, 0) is 24.8 Å². The molecule has 62 valence electrons. The summed E-state index contributed by atoms with van der Waals surface area (Å²) in [5, 5.41) is 8.43. The van der Waals surface area contributed by atoms with Crippen molar-refractivity contribution in [2.24, 2.45) is 5.92 Å². The minimum atomic E-state index is -0.286. The molecule has 1 aliphatic rings. The lowest BCUT2D eigenvalue weighted by atomic mass is 9.86. The van der Waals surface area contributed by atoms with Crippen LogP contribution in [0.5, 0.6) is 0 Å². The van der Waals surface area contributed by atoms with Crippen LogP contribution >= 0.6 is 11.6 Å². The minimum absolute atomic E-state index is 0.108. The molecule has 1 saturated carbocycles. The number of alkyl halides is 1. The Hall–Kier alpha value is -0.500. The highest BCUT2D eigenvalue weighted by Crippen LogP contribution is 2.31. The van der Waals surface area contributed by atoms with Gasteiger partial charge in [-0.1, -0.05) is 0 Å². The van der Waals surface area contributed by atoms with E-state index in [4.69, 9.17) is 16.7 Å². The van der Waals surface area contributed by atoms with Crippen LogP contribution in [0, 0.1) is 5.92 Å². The van der Waals surface area contributed by atoms with Gasteiger partial charge in [-0.15, -0.1) is 11.6 Å². The Morgan fingerprint density at radius 1 is 1.64 bits per heavy atom. The molecule has 0 aromatic carbocycles. The molecule has 1 N–H and O–H groups in total. The molecule has 0 aromatic heterocycles. The second-order valence-electron chi connectivity index (χ2n) is 2.80. The fraction of sp³-hybridized carbons (Fsp3) is 0.625. The maximum atomic E-state index is 10.4. The first-order valence-corrected chi connectivity index (χ1v) is 4.15. The highest BCUT2D eigenvalue weighted by atomic mass is 35.5. The van der Waals surface area contributed by atoms with Crippen LogP contribution in [0.2, 0.25) is 0 Å². The highest BCUT2D eigenvalue weighted by molar-refractivity contribution is 6.23. The molecule has 0 bridgehead atoms. The van der Waals surface area contributed by atoms with Crippen LogP contribution in [0.1, 0.15) is 19.3 Å². The Morgan fingerprint density at radius 3 is 2.91 bits per heavy atom. The summed E-state index contributed by atoms with van der Waals surface area (Å²) < 4.78 is 0. The fourth-order valence-corrected chi connectivity index (χ4v) is 1.72. The van der Waals surface area contributed by atoms with Crippen LogP contribution in [0.15, 0.2) is 11.8 Å². The van der Waals surface area contributed by atoms with Gasteiger partial charge in [0.15, 0.2) is 0 Å². The summed E-state index contributed by atoms with van der Waals surface area (Å²) >= 11 is 5.89. The fourth-order valence-electron chi connectivity index (χ4n) is 1.37. The smallest absolute Gasteiger partial charge is 0.124 e. The lowest BCUT2D eigenvalue weighted by Crippen LogP contribution is -2.23. The van der Waals surface area contributed by atoms with Gasteiger partial charge in [0.2, 0.25) is 0 Å². The molecule has 2 atom stereocenters. The number of aliphatic hydroxyl groups excluding tert-OH is 1. The summed E-state index contributed by atoms with van der Waals surface area (Å²) in [4.78, 5) is 10.4. The zero-order valence-electron chi connectivity index (χ0n) is 6.16. The second-order valence-corrected chi connectivity index (χ2v) is 3.27. The maximum absolute atomic E-state index is 10.4. The van der Waals surface area contributed by atoms with E-state index in [0.717, 1.165) is 37.4 Å². The van der Waals surface area contributed by atoms with Gasteiger partial charge >= 0.3 is 0 Å². The molecule has 0 spiro atoms. The van der Waals surface area contributed by atoms with Gasteiger partial charge in [-0.25, -0.2) is 0 Å². The minimum Gasteiger partial charge on any atom is -0.516 e. The lowest BCUT2D eigenvalue weighted by molar-refractivity contribution is -0.111. The van der Waals surface area contributed by atoms with E-state index < -0.39 is 0 Å². The molecule has 0 aromatic rings. The Morgan fingerprint density at radius 2 is 2.36 bits per heavy atom. The summed E-state index contributed by atoms with van der Waals surface area (Å²) in [6.07, 6.45) is 4.51. The van der Waals surface area contributed by atoms with Gasteiger partial charge in [-0.3, -0.25) is 0 Å². The van der Waals surface area contributed by atoms with Crippen LogP contribution in [0.3, 0.4) is 0 Å². The maximum Gasteiger partial charge on any atom is 0.124 e. The van der Waals surface area contributed by atoms with Crippen LogP contribution in [-0.4, -0.2) is 16.8 Å². The molecule has 0 saturated heterocycles.